The second kappa shape index (κ2) is 6.19. The monoisotopic (exact) mass is 303 g/mol. The number of nitrogens with zero attached hydrogens (tertiary/aromatic N) is 1. The molecule has 1 aromatic carbocycles. The lowest BCUT2D eigenvalue weighted by molar-refractivity contribution is -0.385. The summed E-state index contributed by atoms with van der Waals surface area (Å²) in [6, 6.07) is 4.06. The summed E-state index contributed by atoms with van der Waals surface area (Å²) in [5.41, 5.74) is -0.105. The van der Waals surface area contributed by atoms with E-state index in [-0.39, 0.29) is 24.7 Å². The normalized spacial score (nSPS) is 9.76. The second-order valence-corrected chi connectivity index (χ2v) is 3.82. The van der Waals surface area contributed by atoms with Crippen molar-refractivity contribution in [3.05, 3.63) is 32.8 Å². The molecule has 0 heterocycles. The van der Waals surface area contributed by atoms with Gasteiger partial charge in [-0.15, -0.1) is 0 Å². The van der Waals surface area contributed by atoms with Crippen LogP contribution in [0, 0.1) is 10.1 Å². The van der Waals surface area contributed by atoms with Gasteiger partial charge < -0.3 is 9.47 Å². The highest BCUT2D eigenvalue weighted by Gasteiger charge is 2.12. The zero-order valence-corrected chi connectivity index (χ0v) is 10.6. The van der Waals surface area contributed by atoms with E-state index in [1.54, 1.807) is 6.92 Å². The summed E-state index contributed by atoms with van der Waals surface area (Å²) in [4.78, 5) is 21.1. The first-order chi connectivity index (χ1) is 8.04. The van der Waals surface area contributed by atoms with Gasteiger partial charge in [0.1, 0.15) is 5.75 Å². The fourth-order valence-electron chi connectivity index (χ4n) is 1.06. The zero-order valence-electron chi connectivity index (χ0n) is 9.01. The number of nitro benzene ring substituents is 1. The van der Waals surface area contributed by atoms with Crippen molar-refractivity contribution in [2.45, 2.75) is 6.92 Å². The van der Waals surface area contributed by atoms with Crippen LogP contribution in [0.25, 0.3) is 0 Å². The molecule has 0 spiro atoms. The molecule has 17 heavy (non-hydrogen) atoms. The fourth-order valence-corrected chi connectivity index (χ4v) is 1.42. The minimum Gasteiger partial charge on any atom is -0.480 e. The molecule has 0 aromatic heterocycles. The number of hydrogen-bond donors (Lipinski definition) is 0. The van der Waals surface area contributed by atoms with Crippen LogP contribution < -0.4 is 4.74 Å². The highest BCUT2D eigenvalue weighted by atomic mass is 79.9. The summed E-state index contributed by atoms with van der Waals surface area (Å²) >= 11 is 3.17. The largest absolute Gasteiger partial charge is 0.480 e. The van der Waals surface area contributed by atoms with Crippen LogP contribution in [0.2, 0.25) is 0 Å². The standard InChI is InChI=1S/C10H10BrNO5/c1-2-16-10(13)6-17-9-5-7(12(14)15)3-4-8(9)11/h3-5H,2,6H2,1H3. The lowest BCUT2D eigenvalue weighted by atomic mass is 10.3. The zero-order chi connectivity index (χ0) is 12.8. The van der Waals surface area contributed by atoms with E-state index in [0.29, 0.717) is 4.47 Å². The van der Waals surface area contributed by atoms with Gasteiger partial charge in [0, 0.05) is 6.07 Å². The molecule has 0 fully saturated rings. The Morgan fingerprint density at radius 3 is 2.82 bits per heavy atom. The van der Waals surface area contributed by atoms with E-state index in [9.17, 15) is 14.9 Å². The molecule has 1 rings (SSSR count). The van der Waals surface area contributed by atoms with Gasteiger partial charge >= 0.3 is 5.97 Å². The average Bonchev–Trinajstić information content (AvgIpc) is 2.28. The maximum absolute atomic E-state index is 11.1. The SMILES string of the molecule is CCOC(=O)COc1cc([N+](=O)[O-])ccc1Br. The predicted octanol–water partition coefficient (Wildman–Crippen LogP) is 2.30. The first kappa shape index (κ1) is 13.4. The Hall–Kier alpha value is -1.63. The van der Waals surface area contributed by atoms with Crippen LogP contribution in [0.5, 0.6) is 5.75 Å². The summed E-state index contributed by atoms with van der Waals surface area (Å²) in [5.74, 6) is -0.293. The number of non-ortho nitro benzene ring substituents is 1. The molecule has 0 radical (unpaired) electrons. The van der Waals surface area contributed by atoms with Crippen LogP contribution in [0.15, 0.2) is 22.7 Å². The van der Waals surface area contributed by atoms with Crippen LogP contribution in [0.4, 0.5) is 5.69 Å². The molecule has 0 saturated heterocycles. The number of halogens is 1. The summed E-state index contributed by atoms with van der Waals surface area (Å²) in [7, 11) is 0. The van der Waals surface area contributed by atoms with Gasteiger partial charge in [0.15, 0.2) is 6.61 Å². The molecule has 0 amide bonds. The maximum atomic E-state index is 11.1. The Balaban J connectivity index is 2.73. The van der Waals surface area contributed by atoms with Crippen molar-refractivity contribution in [2.75, 3.05) is 13.2 Å². The van der Waals surface area contributed by atoms with E-state index in [0.717, 1.165) is 0 Å². The molecular weight excluding hydrogens is 294 g/mol. The van der Waals surface area contributed by atoms with Crippen molar-refractivity contribution in [3.8, 4) is 5.75 Å². The van der Waals surface area contributed by atoms with Crippen molar-refractivity contribution < 1.29 is 19.2 Å². The number of carbonyl (C=O) groups excluding carboxylic acids is 1. The molecule has 0 atom stereocenters. The Morgan fingerprint density at radius 1 is 1.53 bits per heavy atom. The fraction of sp³-hybridized carbons (Fsp3) is 0.300. The molecule has 7 heteroatoms. The highest BCUT2D eigenvalue weighted by molar-refractivity contribution is 9.10. The number of benzene rings is 1. The van der Waals surface area contributed by atoms with Crippen molar-refractivity contribution >= 4 is 27.6 Å². The minimum atomic E-state index is -0.538. The van der Waals surface area contributed by atoms with E-state index < -0.39 is 10.9 Å². The molecule has 0 aliphatic carbocycles. The maximum Gasteiger partial charge on any atom is 0.344 e. The van der Waals surface area contributed by atoms with Gasteiger partial charge in [-0.05, 0) is 28.9 Å². The van der Waals surface area contributed by atoms with Crippen LogP contribution >= 0.6 is 15.9 Å². The average molecular weight is 304 g/mol. The van der Waals surface area contributed by atoms with Crippen molar-refractivity contribution in [1.29, 1.82) is 0 Å². The molecule has 0 N–H and O–H groups in total. The van der Waals surface area contributed by atoms with Gasteiger partial charge in [0.05, 0.1) is 22.1 Å². The molecule has 0 aliphatic rings. The Bertz CT molecular complexity index is 435. The molecule has 6 nitrogen and oxygen atoms in total. The van der Waals surface area contributed by atoms with Crippen molar-refractivity contribution in [3.63, 3.8) is 0 Å². The molecule has 0 saturated carbocycles. The van der Waals surface area contributed by atoms with Gasteiger partial charge in [-0.25, -0.2) is 4.79 Å². The Labute approximate surface area is 106 Å². The summed E-state index contributed by atoms with van der Waals surface area (Å²) < 4.78 is 10.3. The van der Waals surface area contributed by atoms with E-state index in [4.69, 9.17) is 4.74 Å². The van der Waals surface area contributed by atoms with E-state index in [1.165, 1.54) is 18.2 Å². The van der Waals surface area contributed by atoms with Gasteiger partial charge in [-0.1, -0.05) is 0 Å². The van der Waals surface area contributed by atoms with Crippen LogP contribution in [-0.4, -0.2) is 24.1 Å². The first-order valence-corrected chi connectivity index (χ1v) is 5.56. The third-order valence-electron chi connectivity index (χ3n) is 1.78. The van der Waals surface area contributed by atoms with Crippen molar-refractivity contribution in [2.24, 2.45) is 0 Å². The van der Waals surface area contributed by atoms with E-state index in [1.807, 2.05) is 0 Å². The quantitative estimate of drug-likeness (QED) is 0.474. The number of rotatable bonds is 5. The summed E-state index contributed by atoms with van der Waals surface area (Å²) in [6.07, 6.45) is 0. The number of ether oxygens (including phenoxy) is 2. The minimum absolute atomic E-state index is 0.105. The third kappa shape index (κ3) is 4.03. The molecule has 1 aromatic rings. The second-order valence-electron chi connectivity index (χ2n) is 2.97. The van der Waals surface area contributed by atoms with Crippen LogP contribution in [0.1, 0.15) is 6.92 Å². The molecule has 0 bridgehead atoms. The predicted molar refractivity (Wildman–Crippen MR) is 62.9 cm³/mol. The van der Waals surface area contributed by atoms with Crippen LogP contribution in [0.3, 0.4) is 0 Å². The number of hydrogen-bond acceptors (Lipinski definition) is 5. The van der Waals surface area contributed by atoms with E-state index in [2.05, 4.69) is 20.7 Å². The van der Waals surface area contributed by atoms with E-state index >= 15 is 0 Å². The molecule has 0 unspecified atom stereocenters. The Morgan fingerprint density at radius 2 is 2.24 bits per heavy atom. The topological polar surface area (TPSA) is 78.7 Å². The Kier molecular flexibility index (Phi) is 4.89. The van der Waals surface area contributed by atoms with Gasteiger partial charge in [0.2, 0.25) is 0 Å². The summed E-state index contributed by atoms with van der Waals surface area (Å²) in [5, 5.41) is 10.5. The number of carbonyl (C=O) groups is 1. The van der Waals surface area contributed by atoms with Gasteiger partial charge in [0.25, 0.3) is 5.69 Å². The first-order valence-electron chi connectivity index (χ1n) is 4.77. The molecular formula is C10H10BrNO5. The highest BCUT2D eigenvalue weighted by Crippen LogP contribution is 2.29. The lowest BCUT2D eigenvalue weighted by Gasteiger charge is -2.07. The number of esters is 1. The molecule has 92 valence electrons. The lowest BCUT2D eigenvalue weighted by Crippen LogP contribution is -2.14. The number of nitro groups is 1. The molecule has 0 aliphatic heterocycles. The summed E-state index contributed by atoms with van der Waals surface area (Å²) in [6.45, 7) is 1.66. The smallest absolute Gasteiger partial charge is 0.344 e. The van der Waals surface area contributed by atoms with Gasteiger partial charge in [-0.3, -0.25) is 10.1 Å². The van der Waals surface area contributed by atoms with Crippen molar-refractivity contribution in [1.82, 2.24) is 0 Å². The van der Waals surface area contributed by atoms with Crippen LogP contribution in [-0.2, 0) is 9.53 Å². The van der Waals surface area contributed by atoms with Gasteiger partial charge in [-0.2, -0.15) is 0 Å². The third-order valence-corrected chi connectivity index (χ3v) is 2.43.